The minimum absolute atomic E-state index is 0.456. The van der Waals surface area contributed by atoms with E-state index in [1.807, 2.05) is 52.0 Å². The zero-order valence-electron chi connectivity index (χ0n) is 14.6. The smallest absolute Gasteiger partial charge is 0.242 e. The maximum absolute atomic E-state index is 12.8. The second-order valence-corrected chi connectivity index (χ2v) is 8.96. The average molecular weight is 369 g/mol. The molecular formula is C19H22F3NOS. The van der Waals surface area contributed by atoms with Crippen LogP contribution in [-0.2, 0) is 17.2 Å². The van der Waals surface area contributed by atoms with Gasteiger partial charge in [-0.2, -0.15) is 13.2 Å². The molecule has 136 valence electrons. The Hall–Kier alpha value is -1.66. The van der Waals surface area contributed by atoms with Crippen LogP contribution in [0, 0.1) is 6.92 Å². The van der Waals surface area contributed by atoms with E-state index in [2.05, 4.69) is 4.72 Å². The van der Waals surface area contributed by atoms with Gasteiger partial charge in [0.25, 0.3) is 0 Å². The molecule has 1 N–H and O–H groups in total. The van der Waals surface area contributed by atoms with Gasteiger partial charge in [0, 0.05) is 0 Å². The molecule has 0 aromatic heterocycles. The number of hydrogen-bond donors (Lipinski definition) is 1. The molecule has 0 saturated carbocycles. The summed E-state index contributed by atoms with van der Waals surface area (Å²) in [5.41, 5.74) is 1.86. The Bertz CT molecular complexity index is 731. The number of aryl methyl sites for hydroxylation is 1. The maximum Gasteiger partial charge on any atom is 0.416 e. The quantitative estimate of drug-likeness (QED) is 0.793. The normalized spacial score (nSPS) is 15.0. The molecule has 2 rings (SSSR count). The summed E-state index contributed by atoms with van der Waals surface area (Å²) in [5, 5.41) is 0. The largest absolute Gasteiger partial charge is 0.416 e. The van der Waals surface area contributed by atoms with Crippen molar-refractivity contribution in [2.75, 3.05) is 0 Å². The standard InChI is InChI=1S/C19H22F3NOS/c1-13-5-7-14(8-6-13)17(23-25(24)18(2,3)4)15-9-11-16(12-10-15)19(20,21)22/h5-12,17,23H,1-4H3/t17-,25-/m0/s1. The molecule has 0 aliphatic heterocycles. The van der Waals surface area contributed by atoms with Crippen molar-refractivity contribution < 1.29 is 17.4 Å². The molecule has 0 fully saturated rings. The third-order valence-corrected chi connectivity index (χ3v) is 5.33. The SMILES string of the molecule is Cc1ccc([C@H](N[S@@](=O)C(C)(C)C)c2ccc(C(F)(F)F)cc2)cc1. The van der Waals surface area contributed by atoms with Crippen molar-refractivity contribution in [3.8, 4) is 0 Å². The first-order chi connectivity index (χ1) is 11.5. The van der Waals surface area contributed by atoms with Crippen molar-refractivity contribution in [1.29, 1.82) is 0 Å². The van der Waals surface area contributed by atoms with Gasteiger partial charge in [-0.05, 0) is 51.0 Å². The number of benzene rings is 2. The Morgan fingerprint density at radius 1 is 0.880 bits per heavy atom. The van der Waals surface area contributed by atoms with Gasteiger partial charge in [-0.1, -0.05) is 42.0 Å². The van der Waals surface area contributed by atoms with E-state index >= 15 is 0 Å². The molecule has 0 saturated heterocycles. The van der Waals surface area contributed by atoms with Crippen molar-refractivity contribution in [3.05, 3.63) is 70.8 Å². The molecule has 0 bridgehead atoms. The van der Waals surface area contributed by atoms with Crippen LogP contribution in [0.25, 0.3) is 0 Å². The van der Waals surface area contributed by atoms with E-state index in [0.29, 0.717) is 5.56 Å². The van der Waals surface area contributed by atoms with Gasteiger partial charge in [0.15, 0.2) is 0 Å². The van der Waals surface area contributed by atoms with Gasteiger partial charge in [-0.15, -0.1) is 0 Å². The van der Waals surface area contributed by atoms with Crippen LogP contribution in [0.4, 0.5) is 13.2 Å². The van der Waals surface area contributed by atoms with Crippen LogP contribution >= 0.6 is 0 Å². The molecule has 2 aromatic rings. The number of rotatable bonds is 4. The second kappa shape index (κ2) is 7.30. The van der Waals surface area contributed by atoms with Gasteiger partial charge < -0.3 is 0 Å². The van der Waals surface area contributed by atoms with Gasteiger partial charge in [0.05, 0.1) is 27.3 Å². The molecule has 0 radical (unpaired) electrons. The van der Waals surface area contributed by atoms with Gasteiger partial charge >= 0.3 is 6.18 Å². The fourth-order valence-corrected chi connectivity index (χ4v) is 3.08. The van der Waals surface area contributed by atoms with Crippen molar-refractivity contribution in [2.45, 2.75) is 44.7 Å². The Morgan fingerprint density at radius 3 is 1.72 bits per heavy atom. The molecule has 6 heteroatoms. The van der Waals surface area contributed by atoms with Gasteiger partial charge in [-0.3, -0.25) is 0 Å². The van der Waals surface area contributed by atoms with E-state index in [9.17, 15) is 17.4 Å². The zero-order chi connectivity index (χ0) is 18.8. The average Bonchev–Trinajstić information content (AvgIpc) is 2.52. The molecule has 0 heterocycles. The molecule has 0 amide bonds. The maximum atomic E-state index is 12.8. The Kier molecular flexibility index (Phi) is 5.74. The molecule has 2 aromatic carbocycles. The highest BCUT2D eigenvalue weighted by Crippen LogP contribution is 2.31. The topological polar surface area (TPSA) is 29.1 Å². The van der Waals surface area contributed by atoms with Crippen LogP contribution in [0.5, 0.6) is 0 Å². The zero-order valence-corrected chi connectivity index (χ0v) is 15.5. The van der Waals surface area contributed by atoms with Crippen LogP contribution in [0.1, 0.15) is 49.1 Å². The molecule has 0 aliphatic carbocycles. The van der Waals surface area contributed by atoms with Crippen molar-refractivity contribution >= 4 is 11.0 Å². The summed E-state index contributed by atoms with van der Waals surface area (Å²) in [7, 11) is -1.37. The summed E-state index contributed by atoms with van der Waals surface area (Å²) in [6.45, 7) is 7.48. The molecule has 0 aliphatic rings. The lowest BCUT2D eigenvalue weighted by molar-refractivity contribution is -0.137. The third-order valence-electron chi connectivity index (χ3n) is 3.76. The highest BCUT2D eigenvalue weighted by atomic mass is 32.2. The van der Waals surface area contributed by atoms with Gasteiger partial charge in [0.2, 0.25) is 0 Å². The van der Waals surface area contributed by atoms with E-state index < -0.39 is 33.5 Å². The van der Waals surface area contributed by atoms with Crippen LogP contribution in [0.15, 0.2) is 48.5 Å². The third kappa shape index (κ3) is 5.16. The Morgan fingerprint density at radius 2 is 1.32 bits per heavy atom. The molecule has 2 atom stereocenters. The summed E-state index contributed by atoms with van der Waals surface area (Å²) in [6, 6.07) is 12.1. The van der Waals surface area contributed by atoms with E-state index in [0.717, 1.165) is 23.3 Å². The lowest BCUT2D eigenvalue weighted by Gasteiger charge is -2.25. The summed E-state index contributed by atoms with van der Waals surface area (Å²) >= 11 is 0. The van der Waals surface area contributed by atoms with Crippen molar-refractivity contribution in [2.24, 2.45) is 0 Å². The van der Waals surface area contributed by atoms with Crippen molar-refractivity contribution in [1.82, 2.24) is 4.72 Å². The van der Waals surface area contributed by atoms with E-state index in [-0.39, 0.29) is 0 Å². The number of halogens is 3. The van der Waals surface area contributed by atoms with Crippen LogP contribution in [-0.4, -0.2) is 8.96 Å². The Labute approximate surface area is 149 Å². The van der Waals surface area contributed by atoms with Crippen molar-refractivity contribution in [3.63, 3.8) is 0 Å². The summed E-state index contributed by atoms with van der Waals surface area (Å²) in [5.74, 6) is 0. The van der Waals surface area contributed by atoms with Crippen LogP contribution in [0.2, 0.25) is 0 Å². The molecule has 0 spiro atoms. The van der Waals surface area contributed by atoms with E-state index in [1.54, 1.807) is 0 Å². The first-order valence-electron chi connectivity index (χ1n) is 7.90. The van der Waals surface area contributed by atoms with Gasteiger partial charge in [-0.25, -0.2) is 8.93 Å². The Balaban J connectivity index is 2.40. The first kappa shape index (κ1) is 19.7. The summed E-state index contributed by atoms with van der Waals surface area (Å²) in [6.07, 6.45) is -4.38. The highest BCUT2D eigenvalue weighted by Gasteiger charge is 2.31. The fraction of sp³-hybridized carbons (Fsp3) is 0.368. The fourth-order valence-electron chi connectivity index (χ4n) is 2.24. The van der Waals surface area contributed by atoms with Crippen LogP contribution in [0.3, 0.4) is 0 Å². The number of nitrogens with one attached hydrogen (secondary N) is 1. The summed E-state index contributed by atoms with van der Waals surface area (Å²) < 4.78 is 53.5. The summed E-state index contributed by atoms with van der Waals surface area (Å²) in [4.78, 5) is 0. The monoisotopic (exact) mass is 369 g/mol. The second-order valence-electron chi connectivity index (χ2n) is 6.96. The van der Waals surface area contributed by atoms with E-state index in [4.69, 9.17) is 0 Å². The lowest BCUT2D eigenvalue weighted by Crippen LogP contribution is -2.36. The molecular weight excluding hydrogens is 347 g/mol. The number of alkyl halides is 3. The van der Waals surface area contributed by atoms with Crippen LogP contribution < -0.4 is 4.72 Å². The lowest BCUT2D eigenvalue weighted by atomic mass is 9.98. The molecule has 25 heavy (non-hydrogen) atoms. The number of hydrogen-bond acceptors (Lipinski definition) is 1. The predicted octanol–water partition coefficient (Wildman–Crippen LogP) is 5.16. The predicted molar refractivity (Wildman–Crippen MR) is 95.5 cm³/mol. The van der Waals surface area contributed by atoms with Gasteiger partial charge in [0.1, 0.15) is 0 Å². The minimum Gasteiger partial charge on any atom is -0.242 e. The minimum atomic E-state index is -4.38. The highest BCUT2D eigenvalue weighted by molar-refractivity contribution is 7.84. The molecule has 2 nitrogen and oxygen atoms in total. The van der Waals surface area contributed by atoms with E-state index in [1.165, 1.54) is 12.1 Å². The molecule has 0 unspecified atom stereocenters. The first-order valence-corrected chi connectivity index (χ1v) is 9.05.